The molecule has 3 aromatic rings. The fraction of sp³-hybridized carbons (Fsp3) is 0.190. The molecular formula is C21H19ClFN5O2. The number of carbonyl (C=O) groups excluding carboxylic acids is 1. The number of aromatic nitrogens is 2. The number of halogens is 2. The second-order valence-corrected chi connectivity index (χ2v) is 6.59. The van der Waals surface area contributed by atoms with Gasteiger partial charge < -0.3 is 15.4 Å². The summed E-state index contributed by atoms with van der Waals surface area (Å²) >= 11 is 0. The highest BCUT2D eigenvalue weighted by molar-refractivity contribution is 6.04. The molecule has 0 radical (unpaired) electrons. The fourth-order valence-corrected chi connectivity index (χ4v) is 3.08. The minimum atomic E-state index is -0.524. The predicted molar refractivity (Wildman–Crippen MR) is 111 cm³/mol. The van der Waals surface area contributed by atoms with Crippen LogP contribution >= 0.6 is 12.4 Å². The zero-order chi connectivity index (χ0) is 20.2. The van der Waals surface area contributed by atoms with Crippen molar-refractivity contribution in [3.05, 3.63) is 77.4 Å². The number of morpholine rings is 1. The number of benzene rings is 2. The van der Waals surface area contributed by atoms with E-state index in [0.29, 0.717) is 24.4 Å². The Bertz CT molecular complexity index is 1070. The average molecular weight is 428 g/mol. The van der Waals surface area contributed by atoms with Gasteiger partial charge in [0.2, 0.25) is 0 Å². The van der Waals surface area contributed by atoms with E-state index < -0.39 is 11.7 Å². The minimum Gasteiger partial charge on any atom is -0.371 e. The Kier molecular flexibility index (Phi) is 6.79. The largest absolute Gasteiger partial charge is 0.371 e. The highest BCUT2D eigenvalue weighted by atomic mass is 35.5. The molecule has 4 rings (SSSR count). The second-order valence-electron chi connectivity index (χ2n) is 6.59. The van der Waals surface area contributed by atoms with Crippen LogP contribution < -0.4 is 10.6 Å². The van der Waals surface area contributed by atoms with Crippen LogP contribution in [0.4, 0.5) is 10.1 Å². The molecule has 2 aromatic carbocycles. The fourth-order valence-electron chi connectivity index (χ4n) is 3.08. The standard InChI is InChI=1S/C21H18FN5O2.ClH/c22-18-9-15(20-12-24-7-8-29-20)3-6-19(18)26-21(28)16-11-25-27(13-16)17-4-1-14(10-23)2-5-17;/h1-6,9,11,13,20,24H,7-8,12H2,(H,26,28);1H/t20-;/m1./s1. The van der Waals surface area contributed by atoms with Crippen LogP contribution in [0.2, 0.25) is 0 Å². The third-order valence-electron chi connectivity index (χ3n) is 4.65. The van der Waals surface area contributed by atoms with Crippen LogP contribution in [0.15, 0.2) is 54.9 Å². The van der Waals surface area contributed by atoms with Crippen LogP contribution in [-0.2, 0) is 4.74 Å². The number of carbonyl (C=O) groups is 1. The normalized spacial score (nSPS) is 15.7. The van der Waals surface area contributed by atoms with E-state index in [2.05, 4.69) is 15.7 Å². The third kappa shape index (κ3) is 4.66. The number of nitrogens with one attached hydrogen (secondary N) is 2. The number of hydrogen-bond donors (Lipinski definition) is 2. The topological polar surface area (TPSA) is 92.0 Å². The Hall–Kier alpha value is -3.25. The van der Waals surface area contributed by atoms with E-state index in [-0.39, 0.29) is 29.8 Å². The van der Waals surface area contributed by atoms with Crippen molar-refractivity contribution in [3.63, 3.8) is 0 Å². The van der Waals surface area contributed by atoms with Crippen LogP contribution in [0.1, 0.15) is 27.6 Å². The molecule has 1 atom stereocenters. The van der Waals surface area contributed by atoms with E-state index in [9.17, 15) is 9.18 Å². The maximum Gasteiger partial charge on any atom is 0.258 e. The predicted octanol–water partition coefficient (Wildman–Crippen LogP) is 3.22. The third-order valence-corrected chi connectivity index (χ3v) is 4.65. The van der Waals surface area contributed by atoms with Crippen LogP contribution in [0.25, 0.3) is 5.69 Å². The zero-order valence-electron chi connectivity index (χ0n) is 15.8. The average Bonchev–Trinajstić information content (AvgIpc) is 3.26. The molecule has 2 N–H and O–H groups in total. The molecular weight excluding hydrogens is 409 g/mol. The van der Waals surface area contributed by atoms with E-state index in [4.69, 9.17) is 10.00 Å². The molecule has 0 bridgehead atoms. The molecule has 7 nitrogen and oxygen atoms in total. The first kappa shape index (κ1) is 21.5. The lowest BCUT2D eigenvalue weighted by molar-refractivity contribution is 0.0275. The van der Waals surface area contributed by atoms with Gasteiger partial charge in [-0.15, -0.1) is 12.4 Å². The SMILES string of the molecule is Cl.N#Cc1ccc(-n2cc(C(=O)Nc3ccc([C@H]4CNCCO4)cc3F)cn2)cc1. The minimum absolute atomic E-state index is 0. The summed E-state index contributed by atoms with van der Waals surface area (Å²) in [4.78, 5) is 12.5. The number of ether oxygens (including phenoxy) is 1. The summed E-state index contributed by atoms with van der Waals surface area (Å²) in [6.07, 6.45) is 2.75. The molecule has 0 unspecified atom stereocenters. The molecule has 9 heteroatoms. The Labute approximate surface area is 178 Å². The van der Waals surface area contributed by atoms with E-state index in [0.717, 1.165) is 12.1 Å². The number of anilines is 1. The molecule has 30 heavy (non-hydrogen) atoms. The highest BCUT2D eigenvalue weighted by Gasteiger charge is 2.18. The summed E-state index contributed by atoms with van der Waals surface area (Å²) in [5.41, 5.74) is 2.35. The van der Waals surface area contributed by atoms with Crippen molar-refractivity contribution in [3.8, 4) is 11.8 Å². The number of amides is 1. The molecule has 154 valence electrons. The smallest absolute Gasteiger partial charge is 0.258 e. The molecule has 0 aliphatic carbocycles. The van der Waals surface area contributed by atoms with Crippen LogP contribution in [0.3, 0.4) is 0 Å². The monoisotopic (exact) mass is 427 g/mol. The number of hydrogen-bond acceptors (Lipinski definition) is 5. The van der Waals surface area contributed by atoms with Gasteiger partial charge in [0.15, 0.2) is 0 Å². The van der Waals surface area contributed by atoms with E-state index in [1.165, 1.54) is 23.0 Å². The van der Waals surface area contributed by atoms with Crippen molar-refractivity contribution in [1.29, 1.82) is 5.26 Å². The van der Waals surface area contributed by atoms with E-state index >= 15 is 0 Å². The first-order valence-electron chi connectivity index (χ1n) is 9.12. The van der Waals surface area contributed by atoms with E-state index in [1.54, 1.807) is 36.5 Å². The van der Waals surface area contributed by atoms with Gasteiger partial charge in [0.1, 0.15) is 5.82 Å². The lowest BCUT2D eigenvalue weighted by Gasteiger charge is -2.24. The first-order chi connectivity index (χ1) is 14.1. The molecule has 1 aliphatic rings. The molecule has 1 aromatic heterocycles. The van der Waals surface area contributed by atoms with Crippen molar-refractivity contribution in [2.75, 3.05) is 25.0 Å². The first-order valence-corrected chi connectivity index (χ1v) is 9.12. The Morgan fingerprint density at radius 3 is 2.77 bits per heavy atom. The van der Waals surface area contributed by atoms with Crippen LogP contribution in [-0.4, -0.2) is 35.4 Å². The highest BCUT2D eigenvalue weighted by Crippen LogP contribution is 2.24. The molecule has 1 aliphatic heterocycles. The summed E-state index contributed by atoms with van der Waals surface area (Å²) < 4.78 is 21.6. The van der Waals surface area contributed by atoms with Gasteiger partial charge in [-0.05, 0) is 42.0 Å². The van der Waals surface area contributed by atoms with Crippen LogP contribution in [0.5, 0.6) is 0 Å². The quantitative estimate of drug-likeness (QED) is 0.667. The number of nitrogens with zero attached hydrogens (tertiary/aromatic N) is 3. The van der Waals surface area contributed by atoms with Crippen molar-refractivity contribution < 1.29 is 13.9 Å². The van der Waals surface area contributed by atoms with Crippen molar-refractivity contribution in [2.45, 2.75) is 6.10 Å². The van der Waals surface area contributed by atoms with Gasteiger partial charge >= 0.3 is 0 Å². The number of nitriles is 1. The van der Waals surface area contributed by atoms with Crippen molar-refractivity contribution in [1.82, 2.24) is 15.1 Å². The lowest BCUT2D eigenvalue weighted by Crippen LogP contribution is -2.33. The molecule has 2 heterocycles. The van der Waals surface area contributed by atoms with E-state index in [1.807, 2.05) is 6.07 Å². The van der Waals surface area contributed by atoms with Gasteiger partial charge in [0, 0.05) is 19.3 Å². The molecule has 1 amide bonds. The van der Waals surface area contributed by atoms with Gasteiger partial charge in [-0.25, -0.2) is 9.07 Å². The Morgan fingerprint density at radius 2 is 2.10 bits per heavy atom. The number of rotatable bonds is 4. The second kappa shape index (κ2) is 9.50. The summed E-state index contributed by atoms with van der Waals surface area (Å²) in [5, 5.41) is 18.8. The molecule has 1 saturated heterocycles. The maximum absolute atomic E-state index is 14.5. The maximum atomic E-state index is 14.5. The Balaban J connectivity index is 0.00000256. The lowest BCUT2D eigenvalue weighted by atomic mass is 10.1. The van der Waals surface area contributed by atoms with Crippen molar-refractivity contribution in [2.24, 2.45) is 0 Å². The van der Waals surface area contributed by atoms with Crippen LogP contribution in [0, 0.1) is 17.1 Å². The Morgan fingerprint density at radius 1 is 1.30 bits per heavy atom. The van der Waals surface area contributed by atoms with Gasteiger partial charge in [-0.1, -0.05) is 6.07 Å². The van der Waals surface area contributed by atoms with Gasteiger partial charge in [-0.2, -0.15) is 10.4 Å². The van der Waals surface area contributed by atoms with Gasteiger partial charge in [-0.3, -0.25) is 4.79 Å². The van der Waals surface area contributed by atoms with Gasteiger partial charge in [0.25, 0.3) is 5.91 Å². The summed E-state index contributed by atoms with van der Waals surface area (Å²) in [7, 11) is 0. The molecule has 1 fully saturated rings. The molecule has 0 saturated carbocycles. The zero-order valence-corrected chi connectivity index (χ0v) is 16.7. The van der Waals surface area contributed by atoms with Gasteiger partial charge in [0.05, 0.1) is 47.5 Å². The van der Waals surface area contributed by atoms with Crippen molar-refractivity contribution >= 4 is 24.0 Å². The summed E-state index contributed by atoms with van der Waals surface area (Å²) in [6, 6.07) is 13.5. The molecule has 0 spiro atoms. The summed E-state index contributed by atoms with van der Waals surface area (Å²) in [5.74, 6) is -0.989. The summed E-state index contributed by atoms with van der Waals surface area (Å²) in [6.45, 7) is 1.98.